The monoisotopic (exact) mass is 315 g/mol. The van der Waals surface area contributed by atoms with E-state index in [0.29, 0.717) is 18.9 Å². The largest absolute Gasteiger partial charge is 0.497 e. The number of carbonyl (C=O) groups excluding carboxylic acids is 1. The first kappa shape index (κ1) is 15.0. The summed E-state index contributed by atoms with van der Waals surface area (Å²) in [5.74, 6) is 1.12. The molecule has 120 valence electrons. The van der Waals surface area contributed by atoms with Crippen LogP contribution in [0.2, 0.25) is 0 Å². The minimum atomic E-state index is -0.260. The molecule has 0 aliphatic heterocycles. The molecule has 0 fully saturated rings. The maximum Gasteiger partial charge on any atom is 0.306 e. The predicted molar refractivity (Wildman–Crippen MR) is 82.1 cm³/mol. The summed E-state index contributed by atoms with van der Waals surface area (Å²) < 4.78 is 12.0. The van der Waals surface area contributed by atoms with Crippen molar-refractivity contribution < 1.29 is 14.3 Å². The highest BCUT2D eigenvalue weighted by molar-refractivity contribution is 5.81. The highest BCUT2D eigenvalue weighted by atomic mass is 16.5. The summed E-state index contributed by atoms with van der Waals surface area (Å²) in [5, 5.41) is 12.7. The lowest BCUT2D eigenvalue weighted by molar-refractivity contribution is -0.143. The molecular weight excluding hydrogens is 298 g/mol. The summed E-state index contributed by atoms with van der Waals surface area (Å²) in [4.78, 5) is 13.1. The van der Waals surface area contributed by atoms with Crippen molar-refractivity contribution in [3.63, 3.8) is 0 Å². The summed E-state index contributed by atoms with van der Waals surface area (Å²) in [7, 11) is 1.63. The molecule has 0 bridgehead atoms. The number of esters is 1. The maximum atomic E-state index is 11.5. The fourth-order valence-corrected chi connectivity index (χ4v) is 2.36. The third kappa shape index (κ3) is 3.01. The zero-order valence-electron chi connectivity index (χ0n) is 13.0. The summed E-state index contributed by atoms with van der Waals surface area (Å²) in [5.41, 5.74) is 0.940. The first-order valence-corrected chi connectivity index (χ1v) is 7.31. The van der Waals surface area contributed by atoms with Gasteiger partial charge < -0.3 is 9.47 Å². The van der Waals surface area contributed by atoms with E-state index >= 15 is 0 Å². The second-order valence-electron chi connectivity index (χ2n) is 4.87. The number of fused-ring (bicyclic) bond motifs is 1. The molecule has 0 aliphatic rings. The number of carbonyl (C=O) groups is 1. The van der Waals surface area contributed by atoms with E-state index in [4.69, 9.17) is 9.47 Å². The van der Waals surface area contributed by atoms with Crippen LogP contribution in [0.1, 0.15) is 19.2 Å². The van der Waals surface area contributed by atoms with Gasteiger partial charge in [0, 0.05) is 18.0 Å². The number of tetrazole rings is 1. The van der Waals surface area contributed by atoms with Crippen molar-refractivity contribution in [2.24, 2.45) is 0 Å². The lowest BCUT2D eigenvalue weighted by atomic mass is 10.2. The van der Waals surface area contributed by atoms with E-state index in [1.807, 2.05) is 35.1 Å². The van der Waals surface area contributed by atoms with Crippen molar-refractivity contribution in [1.82, 2.24) is 25.0 Å². The molecule has 2 aromatic heterocycles. The molecule has 0 spiro atoms. The van der Waals surface area contributed by atoms with Crippen LogP contribution in [-0.4, -0.2) is 44.7 Å². The predicted octanol–water partition coefficient (Wildman–Crippen LogP) is 1.44. The van der Waals surface area contributed by atoms with Crippen LogP contribution in [0.3, 0.4) is 0 Å². The van der Waals surface area contributed by atoms with Gasteiger partial charge in [-0.3, -0.25) is 4.79 Å². The molecule has 8 heteroatoms. The Morgan fingerprint density at radius 3 is 2.96 bits per heavy atom. The lowest BCUT2D eigenvalue weighted by Crippen LogP contribution is -2.15. The lowest BCUT2D eigenvalue weighted by Gasteiger charge is -2.08. The van der Waals surface area contributed by atoms with Gasteiger partial charge in [-0.25, -0.2) is 4.68 Å². The highest BCUT2D eigenvalue weighted by Crippen LogP contribution is 2.22. The number of hydrogen-bond acceptors (Lipinski definition) is 6. The van der Waals surface area contributed by atoms with Crippen LogP contribution in [0.15, 0.2) is 30.5 Å². The number of aromatic nitrogens is 5. The molecule has 1 aromatic carbocycles. The van der Waals surface area contributed by atoms with Crippen molar-refractivity contribution in [2.45, 2.75) is 19.8 Å². The Morgan fingerprint density at radius 1 is 1.30 bits per heavy atom. The molecule has 0 saturated carbocycles. The molecule has 3 aromatic rings. The number of hydrogen-bond donors (Lipinski definition) is 0. The van der Waals surface area contributed by atoms with Crippen LogP contribution in [0.5, 0.6) is 5.75 Å². The third-order valence-electron chi connectivity index (χ3n) is 3.45. The zero-order chi connectivity index (χ0) is 16.2. The van der Waals surface area contributed by atoms with Gasteiger partial charge in [0.05, 0.1) is 25.7 Å². The van der Waals surface area contributed by atoms with Gasteiger partial charge in [-0.2, -0.15) is 0 Å². The van der Waals surface area contributed by atoms with E-state index in [1.54, 1.807) is 18.8 Å². The fraction of sp³-hybridized carbons (Fsp3) is 0.333. The molecule has 0 amide bonds. The molecule has 0 N–H and O–H groups in total. The Hall–Kier alpha value is -2.90. The second kappa shape index (κ2) is 6.47. The number of nitrogens with zero attached hydrogens (tertiary/aromatic N) is 5. The van der Waals surface area contributed by atoms with Gasteiger partial charge in [0.2, 0.25) is 0 Å². The van der Waals surface area contributed by atoms with Gasteiger partial charge in [0.25, 0.3) is 0 Å². The zero-order valence-corrected chi connectivity index (χ0v) is 13.0. The molecule has 0 saturated heterocycles. The van der Waals surface area contributed by atoms with Crippen LogP contribution >= 0.6 is 0 Å². The molecule has 0 aliphatic carbocycles. The van der Waals surface area contributed by atoms with E-state index in [1.165, 1.54) is 0 Å². The molecular formula is C15H17N5O3. The van der Waals surface area contributed by atoms with Crippen LogP contribution in [-0.2, 0) is 16.0 Å². The van der Waals surface area contributed by atoms with Crippen LogP contribution in [0, 0.1) is 0 Å². The third-order valence-corrected chi connectivity index (χ3v) is 3.45. The van der Waals surface area contributed by atoms with E-state index in [-0.39, 0.29) is 12.4 Å². The Kier molecular flexibility index (Phi) is 4.22. The van der Waals surface area contributed by atoms with Gasteiger partial charge >= 0.3 is 5.97 Å². The summed E-state index contributed by atoms with van der Waals surface area (Å²) in [6, 6.07) is 7.70. The molecule has 2 heterocycles. The summed E-state index contributed by atoms with van der Waals surface area (Å²) in [6.07, 6.45) is 2.51. The van der Waals surface area contributed by atoms with Crippen molar-refractivity contribution in [3.05, 3.63) is 36.3 Å². The van der Waals surface area contributed by atoms with Gasteiger partial charge in [-0.1, -0.05) is 0 Å². The normalized spacial score (nSPS) is 10.9. The van der Waals surface area contributed by atoms with Crippen LogP contribution < -0.4 is 4.74 Å². The van der Waals surface area contributed by atoms with Crippen LogP contribution in [0.4, 0.5) is 0 Å². The van der Waals surface area contributed by atoms with E-state index in [0.717, 1.165) is 16.7 Å². The standard InChI is InChI=1S/C15H17N5O3/c1-3-23-15(21)7-6-14-16-17-18-20(14)19-9-8-11-10-12(22-2)4-5-13(11)19/h4-5,8-10H,3,6-7H2,1-2H3. The summed E-state index contributed by atoms with van der Waals surface area (Å²) >= 11 is 0. The average molecular weight is 315 g/mol. The molecule has 8 nitrogen and oxygen atoms in total. The Labute approximate surface area is 132 Å². The van der Waals surface area contributed by atoms with Gasteiger partial charge in [0.15, 0.2) is 5.82 Å². The number of benzene rings is 1. The van der Waals surface area contributed by atoms with Gasteiger partial charge in [0.1, 0.15) is 5.75 Å². The SMILES string of the molecule is CCOC(=O)CCc1nnnn1-n1ccc2cc(OC)ccc21. The van der Waals surface area contributed by atoms with E-state index < -0.39 is 0 Å². The maximum absolute atomic E-state index is 11.5. The molecule has 0 unspecified atom stereocenters. The van der Waals surface area contributed by atoms with Gasteiger partial charge in [-0.15, -0.1) is 9.89 Å². The number of methoxy groups -OCH3 is 1. The Morgan fingerprint density at radius 2 is 2.17 bits per heavy atom. The molecule has 0 radical (unpaired) electrons. The molecule has 0 atom stereocenters. The first-order valence-electron chi connectivity index (χ1n) is 7.31. The molecule has 3 rings (SSSR count). The minimum absolute atomic E-state index is 0.237. The van der Waals surface area contributed by atoms with E-state index in [2.05, 4.69) is 15.5 Å². The number of rotatable bonds is 6. The highest BCUT2D eigenvalue weighted by Gasteiger charge is 2.13. The minimum Gasteiger partial charge on any atom is -0.497 e. The van der Waals surface area contributed by atoms with E-state index in [9.17, 15) is 4.79 Å². The number of aryl methyl sites for hydroxylation is 1. The average Bonchev–Trinajstić information content (AvgIpc) is 3.18. The second-order valence-corrected chi connectivity index (χ2v) is 4.87. The first-order chi connectivity index (χ1) is 11.2. The van der Waals surface area contributed by atoms with Crippen LogP contribution in [0.25, 0.3) is 10.9 Å². The van der Waals surface area contributed by atoms with Crippen molar-refractivity contribution in [2.75, 3.05) is 13.7 Å². The molecule has 23 heavy (non-hydrogen) atoms. The Balaban J connectivity index is 1.88. The summed E-state index contributed by atoms with van der Waals surface area (Å²) in [6.45, 7) is 2.15. The van der Waals surface area contributed by atoms with Gasteiger partial charge in [-0.05, 0) is 41.6 Å². The topological polar surface area (TPSA) is 84.1 Å². The van der Waals surface area contributed by atoms with Crippen molar-refractivity contribution >= 4 is 16.9 Å². The fourth-order valence-electron chi connectivity index (χ4n) is 2.36. The number of ether oxygens (including phenoxy) is 2. The Bertz CT molecular complexity index is 823. The van der Waals surface area contributed by atoms with Crippen molar-refractivity contribution in [1.29, 1.82) is 0 Å². The quantitative estimate of drug-likeness (QED) is 0.640. The van der Waals surface area contributed by atoms with Crippen molar-refractivity contribution in [3.8, 4) is 5.75 Å². The smallest absolute Gasteiger partial charge is 0.306 e.